The maximum atomic E-state index is 14.3. The summed E-state index contributed by atoms with van der Waals surface area (Å²) in [6.45, 7) is 4.17. The molecule has 1 spiro atoms. The molecule has 5 N–H and O–H groups in total. The first-order chi connectivity index (χ1) is 26.4. The molecular formula is C39H44ClN7O8. The number of aromatic nitrogens is 2. The van der Waals surface area contributed by atoms with Crippen molar-refractivity contribution in [2.45, 2.75) is 69.5 Å². The molecule has 3 aliphatic heterocycles. The van der Waals surface area contributed by atoms with Crippen LogP contribution in [0.4, 0.5) is 0 Å². The summed E-state index contributed by atoms with van der Waals surface area (Å²) in [6.07, 6.45) is 0.731. The third-order valence-corrected chi connectivity index (χ3v) is 9.89. The number of amides is 4. The minimum absolute atomic E-state index is 0.139. The van der Waals surface area contributed by atoms with Crippen LogP contribution in [0.3, 0.4) is 0 Å². The maximum absolute atomic E-state index is 14.3. The predicted octanol–water partition coefficient (Wildman–Crippen LogP) is 1.37. The number of halogens is 1. The normalized spacial score (nSPS) is 22.1. The van der Waals surface area contributed by atoms with Crippen molar-refractivity contribution >= 4 is 40.9 Å². The van der Waals surface area contributed by atoms with Gasteiger partial charge in [0.25, 0.3) is 11.5 Å². The lowest BCUT2D eigenvalue weighted by Crippen LogP contribution is -2.63. The molecule has 2 aromatic heterocycles. The fraction of sp³-hybridized carbons (Fsp3) is 0.385. The largest absolute Gasteiger partial charge is 0.492 e. The van der Waals surface area contributed by atoms with Crippen molar-refractivity contribution in [3.05, 3.63) is 106 Å². The Morgan fingerprint density at radius 2 is 1.62 bits per heavy atom. The Morgan fingerprint density at radius 1 is 0.909 bits per heavy atom. The van der Waals surface area contributed by atoms with E-state index >= 15 is 0 Å². The Hall–Kier alpha value is -5.51. The summed E-state index contributed by atoms with van der Waals surface area (Å²) < 4.78 is 13.7. The van der Waals surface area contributed by atoms with Crippen molar-refractivity contribution in [1.82, 2.24) is 35.6 Å². The van der Waals surface area contributed by atoms with Crippen LogP contribution in [0.15, 0.2) is 83.8 Å². The molecule has 1 unspecified atom stereocenters. The number of carbonyl (C=O) groups is 4. The molecule has 16 heteroatoms. The zero-order chi connectivity index (χ0) is 39.1. The molecule has 5 heterocycles. The Labute approximate surface area is 322 Å². The molecule has 2 aromatic carbocycles. The van der Waals surface area contributed by atoms with Crippen molar-refractivity contribution in [3.8, 4) is 11.5 Å². The fourth-order valence-corrected chi connectivity index (χ4v) is 6.74. The third kappa shape index (κ3) is 9.79. The van der Waals surface area contributed by atoms with E-state index in [-0.39, 0.29) is 38.0 Å². The van der Waals surface area contributed by atoms with Crippen LogP contribution in [0.5, 0.6) is 11.5 Å². The average Bonchev–Trinajstić information content (AvgIpc) is 3.16. The highest BCUT2D eigenvalue weighted by Gasteiger charge is 2.46. The van der Waals surface area contributed by atoms with Crippen molar-refractivity contribution < 1.29 is 33.8 Å². The van der Waals surface area contributed by atoms with Gasteiger partial charge in [-0.05, 0) is 55.8 Å². The minimum atomic E-state index is -1.46. The van der Waals surface area contributed by atoms with Crippen molar-refractivity contribution in [3.63, 3.8) is 0 Å². The maximum Gasteiger partial charge on any atom is 0.265 e. The number of piperidine rings is 1. The van der Waals surface area contributed by atoms with E-state index in [1.807, 2.05) is 35.2 Å². The summed E-state index contributed by atoms with van der Waals surface area (Å²) in [7, 11) is 0. The summed E-state index contributed by atoms with van der Waals surface area (Å²) in [5.41, 5.74) is 0.0910. The number of fused-ring (bicyclic) bond motifs is 16. The van der Waals surface area contributed by atoms with Gasteiger partial charge in [0.2, 0.25) is 17.7 Å². The number of nitrogens with one attached hydrogen (secondary N) is 4. The zero-order valence-electron chi connectivity index (χ0n) is 30.5. The van der Waals surface area contributed by atoms with Crippen LogP contribution in [0.25, 0.3) is 5.65 Å². The quantitative estimate of drug-likeness (QED) is 0.185. The molecule has 15 nitrogen and oxygen atoms in total. The first kappa shape index (κ1) is 39.2. The van der Waals surface area contributed by atoms with E-state index in [2.05, 4.69) is 26.3 Å². The lowest BCUT2D eigenvalue weighted by atomic mass is 9.89. The first-order valence-electron chi connectivity index (χ1n) is 18.1. The highest BCUT2D eigenvalue weighted by atomic mass is 35.5. The van der Waals surface area contributed by atoms with E-state index in [1.165, 1.54) is 30.5 Å². The number of likely N-dealkylation sites (tertiary alicyclic amines) is 1. The molecular weight excluding hydrogens is 730 g/mol. The summed E-state index contributed by atoms with van der Waals surface area (Å²) >= 11 is 6.06. The minimum Gasteiger partial charge on any atom is -0.492 e. The van der Waals surface area contributed by atoms with Gasteiger partial charge in [0, 0.05) is 51.2 Å². The van der Waals surface area contributed by atoms with Crippen molar-refractivity contribution in [2.24, 2.45) is 0 Å². The molecule has 0 aliphatic carbocycles. The second-order valence-electron chi connectivity index (χ2n) is 13.8. The van der Waals surface area contributed by atoms with E-state index in [9.17, 15) is 29.1 Å². The molecule has 55 heavy (non-hydrogen) atoms. The van der Waals surface area contributed by atoms with Gasteiger partial charge in [0.05, 0.1) is 23.4 Å². The topological polar surface area (TPSA) is 193 Å². The van der Waals surface area contributed by atoms with Crippen LogP contribution in [0.1, 0.15) is 37.9 Å². The average molecular weight is 774 g/mol. The molecule has 0 radical (unpaired) electrons. The Kier molecular flexibility index (Phi) is 12.3. The van der Waals surface area contributed by atoms with Gasteiger partial charge < -0.3 is 35.8 Å². The molecule has 1 saturated heterocycles. The smallest absolute Gasteiger partial charge is 0.265 e. The molecule has 2 bridgehead atoms. The van der Waals surface area contributed by atoms with E-state index in [0.29, 0.717) is 47.5 Å². The van der Waals surface area contributed by atoms with Gasteiger partial charge in [-0.1, -0.05) is 41.9 Å². The van der Waals surface area contributed by atoms with Crippen LogP contribution in [-0.2, 0) is 32.1 Å². The Bertz CT molecular complexity index is 2070. The van der Waals surface area contributed by atoms with Gasteiger partial charge in [0.1, 0.15) is 41.9 Å². The molecule has 1 fully saturated rings. The number of rotatable bonds is 5. The van der Waals surface area contributed by atoms with Crippen LogP contribution < -0.4 is 36.3 Å². The van der Waals surface area contributed by atoms with Crippen molar-refractivity contribution in [1.29, 1.82) is 0 Å². The summed E-state index contributed by atoms with van der Waals surface area (Å²) in [5, 5.41) is 21.9. The summed E-state index contributed by atoms with van der Waals surface area (Å²) in [6, 6.07) is 17.1. The number of benzene rings is 2. The monoisotopic (exact) mass is 773 g/mol. The molecule has 4 atom stereocenters. The molecule has 290 valence electrons. The predicted molar refractivity (Wildman–Crippen MR) is 203 cm³/mol. The molecule has 3 aliphatic rings. The molecule has 0 saturated carbocycles. The van der Waals surface area contributed by atoms with Crippen LogP contribution >= 0.6 is 11.6 Å². The van der Waals surface area contributed by atoms with E-state index in [1.54, 1.807) is 36.4 Å². The summed E-state index contributed by atoms with van der Waals surface area (Å²) in [4.78, 5) is 73.9. The first-order valence-corrected chi connectivity index (χ1v) is 18.5. The van der Waals surface area contributed by atoms with Gasteiger partial charge in [-0.25, -0.2) is 4.98 Å². The highest BCUT2D eigenvalue weighted by Crippen LogP contribution is 2.31. The number of aliphatic hydroxyl groups is 1. The van der Waals surface area contributed by atoms with Crippen LogP contribution in [0.2, 0.25) is 5.02 Å². The third-order valence-electron chi connectivity index (χ3n) is 9.67. The number of pyridine rings is 1. The van der Waals surface area contributed by atoms with Crippen molar-refractivity contribution in [2.75, 3.05) is 26.2 Å². The zero-order valence-corrected chi connectivity index (χ0v) is 31.3. The Morgan fingerprint density at radius 3 is 2.33 bits per heavy atom. The second kappa shape index (κ2) is 17.3. The van der Waals surface area contributed by atoms with Gasteiger partial charge in [0.15, 0.2) is 5.60 Å². The van der Waals surface area contributed by atoms with E-state index in [0.717, 1.165) is 5.56 Å². The van der Waals surface area contributed by atoms with E-state index in [4.69, 9.17) is 21.1 Å². The number of hydrogen-bond acceptors (Lipinski definition) is 10. The van der Waals surface area contributed by atoms with Gasteiger partial charge in [-0.3, -0.25) is 33.3 Å². The Balaban J connectivity index is 1.22. The molecule has 7 rings (SSSR count). The fourth-order valence-electron chi connectivity index (χ4n) is 6.58. The van der Waals surface area contributed by atoms with Crippen LogP contribution in [-0.4, -0.2) is 99.1 Å². The summed E-state index contributed by atoms with van der Waals surface area (Å²) in [5.74, 6) is -1.62. The standard InChI is InChI=1S/C39H44ClN7O8/c1-24-35(50)44-31(20-26-6-4-3-5-7-26)36(51)41-16-19-54-29-9-11-30(12-10-29)55-39(38(53)45-34(25(2)48)37(52)42-24)14-17-46(18-15-39)23-28-21-33(49)47-22-27(40)8-13-32(47)43-28/h3-13,21-22,24-25,31,34,48H,14-20,23H2,1-2H3,(H,41,51)(H,42,52)(H,44,50)(H,45,53)/t24-,25+,31-,34?/m0/s1. The van der Waals surface area contributed by atoms with E-state index < -0.39 is 53.5 Å². The highest BCUT2D eigenvalue weighted by molar-refractivity contribution is 6.30. The lowest BCUT2D eigenvalue weighted by molar-refractivity contribution is -0.146. The number of aliphatic hydroxyl groups excluding tert-OH is 1. The number of ether oxygens (including phenoxy) is 2. The van der Waals surface area contributed by atoms with Gasteiger partial charge in [-0.15, -0.1) is 0 Å². The molecule has 4 amide bonds. The van der Waals surface area contributed by atoms with Crippen LogP contribution in [0, 0.1) is 0 Å². The number of nitrogens with zero attached hydrogens (tertiary/aromatic N) is 3. The second-order valence-corrected chi connectivity index (χ2v) is 14.3. The number of carbonyl (C=O) groups excluding carboxylic acids is 4. The van der Waals surface area contributed by atoms with Gasteiger partial charge in [-0.2, -0.15) is 0 Å². The molecule has 4 aromatic rings. The van der Waals surface area contributed by atoms with Gasteiger partial charge >= 0.3 is 0 Å². The number of hydrogen-bond donors (Lipinski definition) is 5. The lowest BCUT2D eigenvalue weighted by Gasteiger charge is -2.41. The SMILES string of the molecule is C[C@@H]1NC(=O)C([C@@H](C)O)NC(=O)C2(CCN(Cc3cc(=O)n4cc(Cl)ccc4n3)CC2)Oc2ccc(cc2)OCCNC(=O)[C@H](Cc2ccccc2)NC1=O.